The Hall–Kier alpha value is -4.21. The van der Waals surface area contributed by atoms with Crippen LogP contribution >= 0.6 is 0 Å². The molecule has 3 heterocycles. The first-order valence-electron chi connectivity index (χ1n) is 10.1. The molecule has 32 heavy (non-hydrogen) atoms. The Morgan fingerprint density at radius 2 is 2.03 bits per heavy atom. The molecule has 0 bridgehead atoms. The third kappa shape index (κ3) is 4.91. The van der Waals surface area contributed by atoms with E-state index < -0.39 is 0 Å². The average Bonchev–Trinajstić information content (AvgIpc) is 3.45. The summed E-state index contributed by atoms with van der Waals surface area (Å²) in [5.41, 5.74) is 3.50. The van der Waals surface area contributed by atoms with Crippen LogP contribution in [0.2, 0.25) is 0 Å². The van der Waals surface area contributed by atoms with Gasteiger partial charge in [-0.1, -0.05) is 17.3 Å². The summed E-state index contributed by atoms with van der Waals surface area (Å²) in [6, 6.07) is 13.1. The summed E-state index contributed by atoms with van der Waals surface area (Å²) in [5.74, 6) is 2.20. The maximum absolute atomic E-state index is 11.8. The number of aromatic nitrogens is 5. The third-order valence-corrected chi connectivity index (χ3v) is 4.88. The van der Waals surface area contributed by atoms with Gasteiger partial charge < -0.3 is 15.2 Å². The minimum Gasteiger partial charge on any atom is -0.355 e. The molecule has 0 saturated heterocycles. The predicted molar refractivity (Wildman–Crippen MR) is 120 cm³/mol. The van der Waals surface area contributed by atoms with Crippen molar-refractivity contribution in [3.05, 3.63) is 71.2 Å². The van der Waals surface area contributed by atoms with Crippen LogP contribution in [0.4, 0.5) is 23.5 Å². The van der Waals surface area contributed by atoms with Crippen molar-refractivity contribution in [2.75, 3.05) is 24.3 Å². The second-order valence-electron chi connectivity index (χ2n) is 7.29. The van der Waals surface area contributed by atoms with Crippen molar-refractivity contribution >= 4 is 29.4 Å². The van der Waals surface area contributed by atoms with Crippen molar-refractivity contribution in [2.45, 2.75) is 19.8 Å². The standard InChI is InChI=1S/C22H24N8O2/c1-14-11-20(32-29-14)30(3)22-24-10-9-18(26-22)25-19-13-17(27-28-19)8-7-15-5-4-6-16(12-15)21(31)23-2/h4-6,9-13H,7-8H2,1-3H3,(H,23,31)(H2,24,25,26,27,28). The van der Waals surface area contributed by atoms with Gasteiger partial charge in [-0.2, -0.15) is 10.1 Å². The number of amides is 1. The lowest BCUT2D eigenvalue weighted by atomic mass is 10.0. The zero-order valence-electron chi connectivity index (χ0n) is 18.1. The van der Waals surface area contributed by atoms with E-state index >= 15 is 0 Å². The first kappa shape index (κ1) is 21.0. The fourth-order valence-corrected chi connectivity index (χ4v) is 3.16. The molecule has 0 radical (unpaired) electrons. The van der Waals surface area contributed by atoms with Gasteiger partial charge in [0.15, 0.2) is 5.82 Å². The van der Waals surface area contributed by atoms with E-state index in [1.54, 1.807) is 30.3 Å². The monoisotopic (exact) mass is 432 g/mol. The summed E-state index contributed by atoms with van der Waals surface area (Å²) in [4.78, 5) is 22.3. The molecule has 4 rings (SSSR count). The number of carbonyl (C=O) groups is 1. The van der Waals surface area contributed by atoms with Gasteiger partial charge >= 0.3 is 0 Å². The molecule has 0 unspecified atom stereocenters. The van der Waals surface area contributed by atoms with Gasteiger partial charge in [0.25, 0.3) is 5.91 Å². The summed E-state index contributed by atoms with van der Waals surface area (Å²) in [6.45, 7) is 1.85. The highest BCUT2D eigenvalue weighted by atomic mass is 16.5. The first-order chi connectivity index (χ1) is 15.5. The molecule has 10 nitrogen and oxygen atoms in total. The van der Waals surface area contributed by atoms with Crippen molar-refractivity contribution in [1.29, 1.82) is 0 Å². The Morgan fingerprint density at radius 3 is 2.81 bits per heavy atom. The Labute approximate surface area is 185 Å². The average molecular weight is 432 g/mol. The van der Waals surface area contributed by atoms with Crippen molar-refractivity contribution in [1.82, 2.24) is 30.6 Å². The maximum atomic E-state index is 11.8. The molecule has 164 valence electrons. The number of hydrogen-bond donors (Lipinski definition) is 3. The molecule has 0 aliphatic carbocycles. The first-order valence-corrected chi connectivity index (χ1v) is 10.1. The zero-order chi connectivity index (χ0) is 22.5. The molecule has 0 aliphatic heterocycles. The Morgan fingerprint density at radius 1 is 1.16 bits per heavy atom. The van der Waals surface area contributed by atoms with Gasteiger partial charge in [0.05, 0.1) is 5.69 Å². The number of H-pyrrole nitrogens is 1. The van der Waals surface area contributed by atoms with Crippen LogP contribution in [-0.4, -0.2) is 45.3 Å². The molecule has 0 fully saturated rings. The highest BCUT2D eigenvalue weighted by Crippen LogP contribution is 2.22. The molecule has 4 aromatic rings. The molecular formula is C22H24N8O2. The molecular weight excluding hydrogens is 408 g/mol. The van der Waals surface area contributed by atoms with E-state index in [1.807, 2.05) is 44.3 Å². The van der Waals surface area contributed by atoms with Gasteiger partial charge in [-0.25, -0.2) is 4.98 Å². The van der Waals surface area contributed by atoms with Crippen LogP contribution in [0.25, 0.3) is 0 Å². The van der Waals surface area contributed by atoms with Crippen molar-refractivity contribution in [3.8, 4) is 0 Å². The molecule has 10 heteroatoms. The van der Waals surface area contributed by atoms with Crippen molar-refractivity contribution < 1.29 is 9.32 Å². The van der Waals surface area contributed by atoms with Crippen LogP contribution in [0.1, 0.15) is 27.3 Å². The fraction of sp³-hybridized carbons (Fsp3) is 0.227. The van der Waals surface area contributed by atoms with Crippen LogP contribution in [-0.2, 0) is 12.8 Å². The number of aryl methyl sites for hydroxylation is 3. The van der Waals surface area contributed by atoms with Gasteiger partial charge in [0, 0.05) is 43.7 Å². The van der Waals surface area contributed by atoms with E-state index in [1.165, 1.54) is 0 Å². The second-order valence-corrected chi connectivity index (χ2v) is 7.29. The SMILES string of the molecule is CNC(=O)c1cccc(CCc2cc(Nc3ccnc(N(C)c4cc(C)no4)n3)n[nH]2)c1. The third-order valence-electron chi connectivity index (χ3n) is 4.88. The summed E-state index contributed by atoms with van der Waals surface area (Å²) in [5, 5.41) is 17.1. The molecule has 1 amide bonds. The number of hydrogen-bond acceptors (Lipinski definition) is 8. The number of nitrogens with zero attached hydrogens (tertiary/aromatic N) is 5. The second kappa shape index (κ2) is 9.29. The smallest absolute Gasteiger partial charge is 0.251 e. The Kier molecular flexibility index (Phi) is 6.11. The van der Waals surface area contributed by atoms with Gasteiger partial charge in [-0.05, 0) is 43.5 Å². The van der Waals surface area contributed by atoms with Crippen LogP contribution in [0.3, 0.4) is 0 Å². The van der Waals surface area contributed by atoms with E-state index in [-0.39, 0.29) is 5.91 Å². The molecule has 1 aromatic carbocycles. The maximum Gasteiger partial charge on any atom is 0.251 e. The normalized spacial score (nSPS) is 10.7. The van der Waals surface area contributed by atoms with Crippen LogP contribution in [0.15, 0.2) is 53.2 Å². The lowest BCUT2D eigenvalue weighted by Crippen LogP contribution is -2.17. The topological polar surface area (TPSA) is 125 Å². The molecule has 3 N–H and O–H groups in total. The van der Waals surface area contributed by atoms with Gasteiger partial charge in [-0.15, -0.1) is 0 Å². The lowest BCUT2D eigenvalue weighted by Gasteiger charge is -2.13. The van der Waals surface area contributed by atoms with Crippen molar-refractivity contribution in [3.63, 3.8) is 0 Å². The summed E-state index contributed by atoms with van der Waals surface area (Å²) >= 11 is 0. The minimum absolute atomic E-state index is 0.0896. The number of benzene rings is 1. The Bertz CT molecular complexity index is 1220. The quantitative estimate of drug-likeness (QED) is 0.388. The molecule has 3 aromatic heterocycles. The Balaban J connectivity index is 1.39. The van der Waals surface area contributed by atoms with E-state index in [9.17, 15) is 4.79 Å². The lowest BCUT2D eigenvalue weighted by molar-refractivity contribution is 0.0963. The van der Waals surface area contributed by atoms with Gasteiger partial charge in [0.1, 0.15) is 5.82 Å². The molecule has 0 atom stereocenters. The van der Waals surface area contributed by atoms with E-state index in [4.69, 9.17) is 4.52 Å². The number of anilines is 4. The van der Waals surface area contributed by atoms with E-state index in [0.717, 1.165) is 29.8 Å². The summed E-state index contributed by atoms with van der Waals surface area (Å²) in [6.07, 6.45) is 3.21. The van der Waals surface area contributed by atoms with Gasteiger partial charge in [0.2, 0.25) is 11.8 Å². The molecule has 0 aliphatic rings. The molecule has 0 saturated carbocycles. The number of carbonyl (C=O) groups excluding carboxylic acids is 1. The highest BCUT2D eigenvalue weighted by molar-refractivity contribution is 5.94. The van der Waals surface area contributed by atoms with E-state index in [2.05, 4.69) is 36.0 Å². The van der Waals surface area contributed by atoms with Gasteiger partial charge in [-0.3, -0.25) is 14.8 Å². The van der Waals surface area contributed by atoms with E-state index in [0.29, 0.717) is 29.0 Å². The number of aromatic amines is 1. The summed E-state index contributed by atoms with van der Waals surface area (Å²) in [7, 11) is 3.44. The molecule has 0 spiro atoms. The number of rotatable bonds is 8. The zero-order valence-corrected chi connectivity index (χ0v) is 18.1. The fourth-order valence-electron chi connectivity index (χ4n) is 3.16. The van der Waals surface area contributed by atoms with Crippen LogP contribution in [0.5, 0.6) is 0 Å². The predicted octanol–water partition coefficient (Wildman–Crippen LogP) is 3.15. The minimum atomic E-state index is -0.0896. The van der Waals surface area contributed by atoms with Crippen LogP contribution in [0, 0.1) is 6.92 Å². The summed E-state index contributed by atoms with van der Waals surface area (Å²) < 4.78 is 5.27. The largest absolute Gasteiger partial charge is 0.355 e. The van der Waals surface area contributed by atoms with Crippen LogP contribution < -0.4 is 15.5 Å². The highest BCUT2D eigenvalue weighted by Gasteiger charge is 2.13. The van der Waals surface area contributed by atoms with Crippen molar-refractivity contribution in [2.24, 2.45) is 0 Å². The number of nitrogens with one attached hydrogen (secondary N) is 3.